The van der Waals surface area contributed by atoms with Gasteiger partial charge in [-0.05, 0) is 55.8 Å². The van der Waals surface area contributed by atoms with Crippen LogP contribution in [0.5, 0.6) is 5.75 Å². The maximum absolute atomic E-state index is 9.29. The third kappa shape index (κ3) is 5.54. The number of rotatable bonds is 7. The summed E-state index contributed by atoms with van der Waals surface area (Å²) in [5.74, 6) is 0.342. The van der Waals surface area contributed by atoms with Crippen molar-refractivity contribution in [1.82, 2.24) is 5.32 Å². The average molecular weight is 249 g/mol. The number of aromatic hydroxyl groups is 1. The lowest BCUT2D eigenvalue weighted by atomic mass is 9.80. The predicted octanol–water partition coefficient (Wildman–Crippen LogP) is 3.74. The van der Waals surface area contributed by atoms with Gasteiger partial charge in [0.2, 0.25) is 0 Å². The lowest BCUT2D eigenvalue weighted by Crippen LogP contribution is -2.32. The zero-order valence-corrected chi connectivity index (χ0v) is 12.2. The molecule has 18 heavy (non-hydrogen) atoms. The molecule has 2 N–H and O–H groups in total. The molecule has 1 rings (SSSR count). The minimum atomic E-state index is 0.275. The first-order valence-electron chi connectivity index (χ1n) is 6.94. The zero-order chi connectivity index (χ0) is 13.6. The second-order valence-electron chi connectivity index (χ2n) is 6.07. The fourth-order valence-corrected chi connectivity index (χ4v) is 2.53. The molecule has 1 aromatic carbocycles. The summed E-state index contributed by atoms with van der Waals surface area (Å²) >= 11 is 0. The van der Waals surface area contributed by atoms with Gasteiger partial charge in [0.05, 0.1) is 0 Å². The van der Waals surface area contributed by atoms with Crippen LogP contribution >= 0.6 is 0 Å². The molecule has 1 unspecified atom stereocenters. The van der Waals surface area contributed by atoms with Crippen molar-refractivity contribution >= 4 is 0 Å². The van der Waals surface area contributed by atoms with Crippen LogP contribution in [-0.4, -0.2) is 17.7 Å². The van der Waals surface area contributed by atoms with Crippen molar-refractivity contribution in [3.63, 3.8) is 0 Å². The molecular weight excluding hydrogens is 222 g/mol. The van der Waals surface area contributed by atoms with Gasteiger partial charge in [0, 0.05) is 6.04 Å². The van der Waals surface area contributed by atoms with Crippen LogP contribution in [-0.2, 0) is 6.42 Å². The lowest BCUT2D eigenvalue weighted by Gasteiger charge is -2.29. The van der Waals surface area contributed by atoms with Crippen LogP contribution < -0.4 is 5.32 Å². The van der Waals surface area contributed by atoms with E-state index in [0.717, 1.165) is 19.4 Å². The Kier molecular flexibility index (Phi) is 5.67. The number of phenols is 1. The fraction of sp³-hybridized carbons (Fsp3) is 0.625. The van der Waals surface area contributed by atoms with Crippen LogP contribution in [0.4, 0.5) is 0 Å². The lowest BCUT2D eigenvalue weighted by molar-refractivity contribution is 0.287. The third-order valence-electron chi connectivity index (χ3n) is 3.22. The van der Waals surface area contributed by atoms with Gasteiger partial charge in [-0.15, -0.1) is 0 Å². The maximum Gasteiger partial charge on any atom is 0.115 e. The van der Waals surface area contributed by atoms with E-state index >= 15 is 0 Å². The molecule has 0 aromatic heterocycles. The first-order chi connectivity index (χ1) is 8.43. The number of hydrogen-bond acceptors (Lipinski definition) is 2. The van der Waals surface area contributed by atoms with Gasteiger partial charge in [0.15, 0.2) is 0 Å². The molecular formula is C16H27NO. The SMILES string of the molecule is CCCNC(C)CC(C)(C)Cc1ccc(O)cc1. The molecule has 0 aliphatic rings. The molecule has 102 valence electrons. The molecule has 0 aliphatic heterocycles. The predicted molar refractivity (Wildman–Crippen MR) is 78.0 cm³/mol. The molecule has 0 spiro atoms. The highest BCUT2D eigenvalue weighted by Crippen LogP contribution is 2.28. The van der Waals surface area contributed by atoms with E-state index in [4.69, 9.17) is 0 Å². The first-order valence-corrected chi connectivity index (χ1v) is 6.94. The number of nitrogens with one attached hydrogen (secondary N) is 1. The largest absolute Gasteiger partial charge is 0.508 e. The normalized spacial score (nSPS) is 13.6. The first kappa shape index (κ1) is 15.0. The third-order valence-corrected chi connectivity index (χ3v) is 3.22. The highest BCUT2D eigenvalue weighted by Gasteiger charge is 2.21. The van der Waals surface area contributed by atoms with Crippen LogP contribution in [0.3, 0.4) is 0 Å². The van der Waals surface area contributed by atoms with E-state index in [1.807, 2.05) is 12.1 Å². The molecule has 0 heterocycles. The highest BCUT2D eigenvalue weighted by molar-refractivity contribution is 5.26. The second-order valence-corrected chi connectivity index (χ2v) is 6.07. The van der Waals surface area contributed by atoms with Crippen molar-refractivity contribution < 1.29 is 5.11 Å². The summed E-state index contributed by atoms with van der Waals surface area (Å²) in [6.07, 6.45) is 3.39. The molecule has 0 amide bonds. The van der Waals surface area contributed by atoms with Gasteiger partial charge >= 0.3 is 0 Å². The van der Waals surface area contributed by atoms with Gasteiger partial charge in [-0.2, -0.15) is 0 Å². The molecule has 0 radical (unpaired) electrons. The Hall–Kier alpha value is -1.02. The second kappa shape index (κ2) is 6.79. The van der Waals surface area contributed by atoms with Crippen molar-refractivity contribution in [2.75, 3.05) is 6.54 Å². The summed E-state index contributed by atoms with van der Waals surface area (Å²) in [4.78, 5) is 0. The van der Waals surface area contributed by atoms with E-state index in [9.17, 15) is 5.11 Å². The Balaban J connectivity index is 2.50. The molecule has 0 saturated heterocycles. The van der Waals surface area contributed by atoms with E-state index in [0.29, 0.717) is 11.8 Å². The summed E-state index contributed by atoms with van der Waals surface area (Å²) < 4.78 is 0. The van der Waals surface area contributed by atoms with Gasteiger partial charge in [0.1, 0.15) is 5.75 Å². The Morgan fingerprint density at radius 3 is 2.39 bits per heavy atom. The average Bonchev–Trinajstić information content (AvgIpc) is 2.28. The highest BCUT2D eigenvalue weighted by atomic mass is 16.3. The molecule has 0 saturated carbocycles. The minimum Gasteiger partial charge on any atom is -0.508 e. The molecule has 0 aliphatic carbocycles. The van der Waals surface area contributed by atoms with Crippen molar-refractivity contribution in [2.24, 2.45) is 5.41 Å². The van der Waals surface area contributed by atoms with Gasteiger partial charge in [-0.1, -0.05) is 32.9 Å². The van der Waals surface area contributed by atoms with Gasteiger partial charge in [-0.3, -0.25) is 0 Å². The molecule has 0 bridgehead atoms. The van der Waals surface area contributed by atoms with E-state index in [2.05, 4.69) is 33.0 Å². The van der Waals surface area contributed by atoms with Crippen molar-refractivity contribution in [3.05, 3.63) is 29.8 Å². The summed E-state index contributed by atoms with van der Waals surface area (Å²) in [5.41, 5.74) is 1.57. The van der Waals surface area contributed by atoms with Gasteiger partial charge < -0.3 is 10.4 Å². The van der Waals surface area contributed by atoms with E-state index in [1.165, 1.54) is 12.0 Å². The maximum atomic E-state index is 9.29. The topological polar surface area (TPSA) is 32.3 Å². The fourth-order valence-electron chi connectivity index (χ4n) is 2.53. The molecule has 1 atom stereocenters. The zero-order valence-electron chi connectivity index (χ0n) is 12.2. The molecule has 2 nitrogen and oxygen atoms in total. The van der Waals surface area contributed by atoms with Crippen LogP contribution in [0.1, 0.15) is 46.1 Å². The molecule has 2 heteroatoms. The van der Waals surface area contributed by atoms with E-state index in [1.54, 1.807) is 12.1 Å². The minimum absolute atomic E-state index is 0.275. The number of phenolic OH excluding ortho intramolecular Hbond substituents is 1. The van der Waals surface area contributed by atoms with Crippen LogP contribution in [0.25, 0.3) is 0 Å². The van der Waals surface area contributed by atoms with Crippen molar-refractivity contribution in [2.45, 2.75) is 53.0 Å². The number of benzene rings is 1. The monoisotopic (exact) mass is 249 g/mol. The summed E-state index contributed by atoms with van der Waals surface area (Å²) in [6, 6.07) is 8.12. The Morgan fingerprint density at radius 2 is 1.83 bits per heavy atom. The van der Waals surface area contributed by atoms with Crippen LogP contribution in [0.2, 0.25) is 0 Å². The quantitative estimate of drug-likeness (QED) is 0.771. The van der Waals surface area contributed by atoms with Gasteiger partial charge in [0.25, 0.3) is 0 Å². The Morgan fingerprint density at radius 1 is 1.22 bits per heavy atom. The van der Waals surface area contributed by atoms with Crippen LogP contribution in [0, 0.1) is 5.41 Å². The molecule has 0 fully saturated rings. The Bertz CT molecular complexity index is 343. The summed E-state index contributed by atoms with van der Waals surface area (Å²) in [5, 5.41) is 12.8. The Labute approximate surface area is 111 Å². The smallest absolute Gasteiger partial charge is 0.115 e. The summed E-state index contributed by atoms with van der Waals surface area (Å²) in [6.45, 7) is 10.2. The van der Waals surface area contributed by atoms with E-state index in [-0.39, 0.29) is 5.41 Å². The standard InChI is InChI=1S/C16H27NO/c1-5-10-17-13(2)11-16(3,4)12-14-6-8-15(18)9-7-14/h6-9,13,17-18H,5,10-12H2,1-4H3. The van der Waals surface area contributed by atoms with Crippen LogP contribution in [0.15, 0.2) is 24.3 Å². The van der Waals surface area contributed by atoms with Crippen molar-refractivity contribution in [3.8, 4) is 5.75 Å². The summed E-state index contributed by atoms with van der Waals surface area (Å²) in [7, 11) is 0. The van der Waals surface area contributed by atoms with Crippen molar-refractivity contribution in [1.29, 1.82) is 0 Å². The van der Waals surface area contributed by atoms with E-state index < -0.39 is 0 Å². The molecule has 1 aromatic rings. The number of hydrogen-bond donors (Lipinski definition) is 2. The van der Waals surface area contributed by atoms with Gasteiger partial charge in [-0.25, -0.2) is 0 Å².